The van der Waals surface area contributed by atoms with Crippen LogP contribution in [0.3, 0.4) is 0 Å². The minimum atomic E-state index is 0.172. The van der Waals surface area contributed by atoms with Crippen molar-refractivity contribution in [1.82, 2.24) is 14.8 Å². The van der Waals surface area contributed by atoms with Crippen molar-refractivity contribution in [3.05, 3.63) is 53.9 Å². The summed E-state index contributed by atoms with van der Waals surface area (Å²) >= 11 is 0. The Bertz CT molecular complexity index is 954. The van der Waals surface area contributed by atoms with E-state index in [1.165, 1.54) is 5.69 Å². The molecule has 1 aliphatic heterocycles. The molecule has 1 atom stereocenters. The van der Waals surface area contributed by atoms with Gasteiger partial charge in [0.1, 0.15) is 11.4 Å². The molecule has 0 fully saturated rings. The lowest BCUT2D eigenvalue weighted by Crippen LogP contribution is -2.17. The van der Waals surface area contributed by atoms with Gasteiger partial charge in [0, 0.05) is 23.7 Å². The van der Waals surface area contributed by atoms with Gasteiger partial charge in [-0.25, -0.2) is 0 Å². The zero-order valence-electron chi connectivity index (χ0n) is 15.8. The van der Waals surface area contributed by atoms with E-state index in [4.69, 9.17) is 10.1 Å². The van der Waals surface area contributed by atoms with Crippen LogP contribution in [0.4, 0.5) is 0 Å². The van der Waals surface area contributed by atoms with Gasteiger partial charge >= 0.3 is 0 Å². The quantitative estimate of drug-likeness (QED) is 0.723. The number of rotatable bonds is 3. The zero-order chi connectivity index (χ0) is 18.5. The van der Waals surface area contributed by atoms with Gasteiger partial charge in [-0.2, -0.15) is 5.10 Å². The van der Waals surface area contributed by atoms with Crippen LogP contribution in [0.5, 0.6) is 5.75 Å². The van der Waals surface area contributed by atoms with Crippen molar-refractivity contribution in [1.29, 1.82) is 0 Å². The lowest BCUT2D eigenvalue weighted by atomic mass is 9.79. The number of hydrogen-bond acceptors (Lipinski definition) is 3. The molecule has 0 saturated carbocycles. The summed E-state index contributed by atoms with van der Waals surface area (Å²) in [6.45, 7) is 9.89. The second-order valence-electron chi connectivity index (χ2n) is 7.89. The van der Waals surface area contributed by atoms with Crippen molar-refractivity contribution < 1.29 is 5.11 Å². The van der Waals surface area contributed by atoms with Crippen LogP contribution in [0.15, 0.2) is 42.5 Å². The fourth-order valence-electron chi connectivity index (χ4n) is 3.83. The zero-order valence-corrected chi connectivity index (χ0v) is 15.8. The summed E-state index contributed by atoms with van der Waals surface area (Å²) in [5.41, 5.74) is 6.57. The summed E-state index contributed by atoms with van der Waals surface area (Å²) in [5, 5.41) is 14.7. The summed E-state index contributed by atoms with van der Waals surface area (Å²) in [7, 11) is 0. The Morgan fingerprint density at radius 3 is 2.58 bits per heavy atom. The maximum absolute atomic E-state index is 9.70. The maximum atomic E-state index is 9.70. The van der Waals surface area contributed by atoms with E-state index in [9.17, 15) is 5.11 Å². The molecule has 0 spiro atoms. The van der Waals surface area contributed by atoms with Gasteiger partial charge in [0.2, 0.25) is 0 Å². The first-order valence-electron chi connectivity index (χ1n) is 9.27. The molecule has 2 aromatic heterocycles. The number of pyridine rings is 1. The van der Waals surface area contributed by atoms with E-state index in [0.717, 1.165) is 41.2 Å². The molecule has 3 heterocycles. The summed E-state index contributed by atoms with van der Waals surface area (Å²) in [6.07, 6.45) is 0.902. The molecule has 4 rings (SSSR count). The van der Waals surface area contributed by atoms with Crippen LogP contribution in [0, 0.1) is 5.41 Å². The van der Waals surface area contributed by atoms with E-state index >= 15 is 0 Å². The van der Waals surface area contributed by atoms with Gasteiger partial charge in [-0.1, -0.05) is 45.9 Å². The van der Waals surface area contributed by atoms with Gasteiger partial charge in [-0.3, -0.25) is 9.67 Å². The second kappa shape index (κ2) is 5.97. The Kier molecular flexibility index (Phi) is 3.87. The lowest BCUT2D eigenvalue weighted by molar-refractivity contribution is 0.301. The normalized spacial score (nSPS) is 18.1. The van der Waals surface area contributed by atoms with Crippen molar-refractivity contribution in [3.63, 3.8) is 0 Å². The van der Waals surface area contributed by atoms with Crippen LogP contribution in [-0.2, 0) is 13.0 Å². The van der Waals surface area contributed by atoms with E-state index in [2.05, 4.69) is 44.5 Å². The largest absolute Gasteiger partial charge is 0.508 e. The summed E-state index contributed by atoms with van der Waals surface area (Å²) in [4.78, 5) is 4.81. The second-order valence-corrected chi connectivity index (χ2v) is 7.89. The third kappa shape index (κ3) is 2.61. The Balaban J connectivity index is 1.96. The first-order chi connectivity index (χ1) is 12.4. The van der Waals surface area contributed by atoms with Crippen LogP contribution < -0.4 is 0 Å². The lowest BCUT2D eigenvalue weighted by Gasteiger charge is -2.23. The van der Waals surface area contributed by atoms with Crippen LogP contribution in [0.25, 0.3) is 22.5 Å². The van der Waals surface area contributed by atoms with Gasteiger partial charge in [0.05, 0.1) is 11.4 Å². The number of aryl methyl sites for hydroxylation is 1. The number of nitrogens with zero attached hydrogens (tertiary/aromatic N) is 3. The Labute approximate surface area is 154 Å². The number of benzene rings is 1. The third-order valence-corrected chi connectivity index (χ3v) is 5.70. The fraction of sp³-hybridized carbons (Fsp3) is 0.364. The highest BCUT2D eigenvalue weighted by molar-refractivity contribution is 5.82. The number of phenolic OH excluding ortho intramolecular Hbond substituents is 1. The Morgan fingerprint density at radius 1 is 1.15 bits per heavy atom. The molecule has 0 amide bonds. The first-order valence-corrected chi connectivity index (χ1v) is 9.27. The van der Waals surface area contributed by atoms with E-state index in [0.29, 0.717) is 5.92 Å². The first kappa shape index (κ1) is 16.8. The van der Waals surface area contributed by atoms with Crippen LogP contribution in [0.2, 0.25) is 0 Å². The van der Waals surface area contributed by atoms with Crippen LogP contribution in [0.1, 0.15) is 45.0 Å². The molecular weight excluding hydrogens is 322 g/mol. The molecule has 1 aliphatic rings. The van der Waals surface area contributed by atoms with Gasteiger partial charge < -0.3 is 5.11 Å². The highest BCUT2D eigenvalue weighted by Gasteiger charge is 2.40. The predicted octanol–water partition coefficient (Wildman–Crippen LogP) is 5.02. The van der Waals surface area contributed by atoms with E-state index in [-0.39, 0.29) is 11.2 Å². The number of aromatic nitrogens is 3. The maximum Gasteiger partial charge on any atom is 0.119 e. The molecular formula is C22H25N3O. The van der Waals surface area contributed by atoms with Crippen molar-refractivity contribution in [2.75, 3.05) is 0 Å². The molecule has 26 heavy (non-hydrogen) atoms. The number of hydrogen-bond donors (Lipinski definition) is 1. The smallest absolute Gasteiger partial charge is 0.119 e. The summed E-state index contributed by atoms with van der Waals surface area (Å²) < 4.78 is 2.16. The van der Waals surface area contributed by atoms with Gasteiger partial charge in [-0.15, -0.1) is 0 Å². The van der Waals surface area contributed by atoms with Gasteiger partial charge in [-0.05, 0) is 41.7 Å². The molecule has 0 aliphatic carbocycles. The molecule has 1 N–H and O–H groups in total. The number of phenols is 1. The van der Waals surface area contributed by atoms with E-state index in [1.807, 2.05) is 18.2 Å². The van der Waals surface area contributed by atoms with Crippen LogP contribution in [-0.4, -0.2) is 19.9 Å². The molecule has 0 saturated heterocycles. The summed E-state index contributed by atoms with van der Waals surface area (Å²) in [6, 6.07) is 13.6. The number of aromatic hydroxyl groups is 1. The Hall–Kier alpha value is -2.62. The molecule has 134 valence electrons. The SMILES string of the molecule is CCc1cccc(-c2nn3c(c2-c2ccc(O)cc2)[C@H](C)C(C)(C)C3)n1. The molecule has 0 radical (unpaired) electrons. The molecule has 4 nitrogen and oxygen atoms in total. The predicted molar refractivity (Wildman–Crippen MR) is 104 cm³/mol. The highest BCUT2D eigenvalue weighted by Crippen LogP contribution is 2.49. The summed E-state index contributed by atoms with van der Waals surface area (Å²) in [5.74, 6) is 0.667. The molecule has 3 aromatic rings. The average Bonchev–Trinajstić information content (AvgIpc) is 3.09. The molecule has 0 bridgehead atoms. The fourth-order valence-corrected chi connectivity index (χ4v) is 3.83. The standard InChI is InChI=1S/C22H25N3O/c1-5-16-7-6-8-18(23-16)20-19(15-9-11-17(26)12-10-15)21-14(2)22(3,4)13-25(21)24-20/h6-12,14,26H,5,13H2,1-4H3/t14-/m0/s1. The van der Waals surface area contributed by atoms with Crippen molar-refractivity contribution in [3.8, 4) is 28.3 Å². The van der Waals surface area contributed by atoms with E-state index < -0.39 is 0 Å². The average molecular weight is 347 g/mol. The van der Waals surface area contributed by atoms with Crippen molar-refractivity contribution in [2.24, 2.45) is 5.41 Å². The van der Waals surface area contributed by atoms with Crippen molar-refractivity contribution in [2.45, 2.75) is 46.6 Å². The molecule has 0 unspecified atom stereocenters. The highest BCUT2D eigenvalue weighted by atomic mass is 16.3. The van der Waals surface area contributed by atoms with Crippen LogP contribution >= 0.6 is 0 Å². The van der Waals surface area contributed by atoms with E-state index in [1.54, 1.807) is 12.1 Å². The minimum absolute atomic E-state index is 0.172. The number of fused-ring (bicyclic) bond motifs is 1. The minimum Gasteiger partial charge on any atom is -0.508 e. The van der Waals surface area contributed by atoms with Gasteiger partial charge in [0.15, 0.2) is 0 Å². The monoisotopic (exact) mass is 347 g/mol. The van der Waals surface area contributed by atoms with Gasteiger partial charge in [0.25, 0.3) is 0 Å². The molecule has 1 aromatic carbocycles. The molecule has 4 heteroatoms. The topological polar surface area (TPSA) is 50.9 Å². The Morgan fingerprint density at radius 2 is 1.88 bits per heavy atom. The third-order valence-electron chi connectivity index (χ3n) is 5.70. The van der Waals surface area contributed by atoms with Crippen molar-refractivity contribution >= 4 is 0 Å².